The van der Waals surface area contributed by atoms with E-state index >= 15 is 19.2 Å². The molecule has 1 aliphatic rings. The van der Waals surface area contributed by atoms with Crippen molar-refractivity contribution in [2.45, 2.75) is 241 Å². The van der Waals surface area contributed by atoms with E-state index in [0.29, 0.717) is 6.42 Å². The summed E-state index contributed by atoms with van der Waals surface area (Å²) in [6, 6.07) is -12.4. The molecule has 0 bridgehead atoms. The van der Waals surface area contributed by atoms with Crippen LogP contribution in [0.5, 0.6) is 0 Å². The van der Waals surface area contributed by atoms with Gasteiger partial charge in [-0.05, 0) is 93.8 Å². The Hall–Kier alpha value is -5.78. The third kappa shape index (κ3) is 24.0. The van der Waals surface area contributed by atoms with Crippen LogP contribution in [0.15, 0.2) is 12.2 Å². The molecule has 0 radical (unpaired) electrons. The summed E-state index contributed by atoms with van der Waals surface area (Å²) >= 11 is 1.40. The van der Waals surface area contributed by atoms with Gasteiger partial charge in [-0.2, -0.15) is 11.8 Å². The molecule has 0 aromatic rings. The van der Waals surface area contributed by atoms with E-state index in [-0.39, 0.29) is 61.5 Å². The first-order valence-electron chi connectivity index (χ1n) is 32.4. The van der Waals surface area contributed by atoms with Gasteiger partial charge in [0.2, 0.25) is 65.0 Å². The second kappa shape index (κ2) is 37.1. The van der Waals surface area contributed by atoms with E-state index in [0.717, 1.165) is 9.80 Å². The van der Waals surface area contributed by atoms with Gasteiger partial charge in [0.15, 0.2) is 0 Å². The summed E-state index contributed by atoms with van der Waals surface area (Å²) in [6.07, 6.45) is 3.02. The number of allylic oxidation sites excluding steroid dienone is 2. The molecule has 24 heteroatoms. The first kappa shape index (κ1) is 82.2. The number of thioether (sulfide) groups is 1. The molecular formula is C66H119N11O12S. The van der Waals surface area contributed by atoms with E-state index in [2.05, 4.69) is 21.3 Å². The van der Waals surface area contributed by atoms with Gasteiger partial charge < -0.3 is 60.7 Å². The SMILES string of the molecule is C/C=C/C[C@@H](C)[C@@H](O)[C@H]1C(=O)N[C@@H](CC)C(=O)N(C)CC(=O)N(C)[C@@H](CC(C)C)C(=O)N[C@@H](C(C)C)C(=O)N(C)[C@@H](CC(C)C)C(=O)N[C@@H](C)C(=O)N[C@H](CSC(C)(C)C)C(=O)N(C)[C@@H](CC(C)C)C(=O)N(C)[C@@H](CC(C)C)C(=O)N(C)[C@@H](C(C)C)C(=O)N1C. The van der Waals surface area contributed by atoms with Crippen LogP contribution in [0, 0.1) is 41.4 Å². The van der Waals surface area contributed by atoms with Crippen molar-refractivity contribution >= 4 is 76.7 Å². The van der Waals surface area contributed by atoms with E-state index in [4.69, 9.17) is 0 Å². The highest BCUT2D eigenvalue weighted by atomic mass is 32.2. The Bertz CT molecular complexity index is 2470. The van der Waals surface area contributed by atoms with Gasteiger partial charge in [-0.15, -0.1) is 0 Å². The number of rotatable bonds is 17. The second-order valence-corrected chi connectivity index (χ2v) is 30.2. The number of likely N-dealkylation sites (N-methyl/N-ethyl adjacent to an activating group) is 7. The van der Waals surface area contributed by atoms with Crippen LogP contribution >= 0.6 is 11.8 Å². The fourth-order valence-electron chi connectivity index (χ4n) is 11.0. The lowest BCUT2D eigenvalue weighted by atomic mass is 9.91. The molecule has 1 aliphatic heterocycles. The van der Waals surface area contributed by atoms with Gasteiger partial charge in [0.05, 0.1) is 12.6 Å². The summed E-state index contributed by atoms with van der Waals surface area (Å²) in [5, 5.41) is 23.4. The van der Waals surface area contributed by atoms with Crippen molar-refractivity contribution < 1.29 is 57.8 Å². The molecule has 0 spiro atoms. The maximum atomic E-state index is 15.3. The van der Waals surface area contributed by atoms with Crippen LogP contribution < -0.4 is 21.3 Å². The largest absolute Gasteiger partial charge is 0.390 e. The Morgan fingerprint density at radius 2 is 0.922 bits per heavy atom. The Morgan fingerprint density at radius 3 is 1.37 bits per heavy atom. The Morgan fingerprint density at radius 1 is 0.500 bits per heavy atom. The summed E-state index contributed by atoms with van der Waals surface area (Å²) in [5.74, 6) is -9.65. The Balaban J connectivity index is 4.47. The van der Waals surface area contributed by atoms with Gasteiger partial charge in [-0.25, -0.2) is 0 Å². The molecule has 0 saturated carbocycles. The fraction of sp³-hybridized carbons (Fsp3) is 0.803. The zero-order valence-corrected chi connectivity index (χ0v) is 60.5. The van der Waals surface area contributed by atoms with Crippen molar-refractivity contribution in [3.05, 3.63) is 12.2 Å². The van der Waals surface area contributed by atoms with E-state index in [1.54, 1.807) is 54.5 Å². The lowest BCUT2D eigenvalue weighted by Gasteiger charge is -2.41. The van der Waals surface area contributed by atoms with Crippen molar-refractivity contribution in [3.8, 4) is 0 Å². The molecule has 0 unspecified atom stereocenters. The van der Waals surface area contributed by atoms with Crippen LogP contribution in [0.4, 0.5) is 0 Å². The molecule has 23 nitrogen and oxygen atoms in total. The fourth-order valence-corrected chi connectivity index (χ4v) is 11.9. The lowest BCUT2D eigenvalue weighted by Crippen LogP contribution is -2.63. The number of amides is 11. The number of nitrogens with zero attached hydrogens (tertiary/aromatic N) is 7. The summed E-state index contributed by atoms with van der Waals surface area (Å²) in [4.78, 5) is 171. The van der Waals surface area contributed by atoms with Gasteiger partial charge in [0.25, 0.3) is 0 Å². The number of hydrogen-bond acceptors (Lipinski definition) is 13. The summed E-state index contributed by atoms with van der Waals surface area (Å²) in [7, 11) is 10.0. The first-order valence-corrected chi connectivity index (χ1v) is 33.4. The highest BCUT2D eigenvalue weighted by Crippen LogP contribution is 2.28. The standard InChI is InChI=1S/C66H119N11O12S/c1-27-29-30-43(15)55(79)54-59(83)68-45(28-2)60(84)71(20)35-51(78)72(21)47(31-37(3)4)58(82)70-52(41(11)12)64(88)73(22)48(32-38(5)6)57(81)67-44(16)56(80)69-46(36-90-66(17,18)19)61(85)74(23)49(33-39(7)8)62(86)75(24)50(34-40(9)10)63(87)76(25)53(42(13)14)65(89)77(54)26/h27,29,37-50,52-55,79H,28,30-36H2,1-26H3,(H,67,81)(H,68,83)(H,69,80)(H,70,82)/b29-27+/t43-,44+,45+,46-,47+,48+,49+,50+,52+,53+,54+,55-/m1/s1. The van der Waals surface area contributed by atoms with Gasteiger partial charge in [-0.1, -0.05) is 130 Å². The molecule has 0 aromatic heterocycles. The zero-order chi connectivity index (χ0) is 69.9. The average molecular weight is 1290 g/mol. The van der Waals surface area contributed by atoms with E-state index < -0.39 is 161 Å². The van der Waals surface area contributed by atoms with Crippen molar-refractivity contribution in [3.63, 3.8) is 0 Å². The number of aliphatic hydroxyl groups is 1. The van der Waals surface area contributed by atoms with Crippen LogP contribution in [0.2, 0.25) is 0 Å². The minimum atomic E-state index is -1.62. The highest BCUT2D eigenvalue weighted by molar-refractivity contribution is 8.00. The molecule has 1 saturated heterocycles. The number of hydrogen-bond donors (Lipinski definition) is 5. The Labute approximate surface area is 544 Å². The number of aliphatic hydroxyl groups excluding tert-OH is 1. The van der Waals surface area contributed by atoms with E-state index in [1.807, 2.05) is 82.2 Å². The molecule has 5 N–H and O–H groups in total. The summed E-state index contributed by atoms with van der Waals surface area (Å²) in [5.41, 5.74) is 0. The van der Waals surface area contributed by atoms with E-state index in [9.17, 15) is 38.7 Å². The molecule has 1 heterocycles. The molecule has 0 aliphatic carbocycles. The first-order chi connectivity index (χ1) is 41.4. The lowest BCUT2D eigenvalue weighted by molar-refractivity contribution is -0.157. The molecule has 11 amide bonds. The average Bonchev–Trinajstić information content (AvgIpc) is 0.849. The van der Waals surface area contributed by atoms with Crippen LogP contribution in [0.25, 0.3) is 0 Å². The normalized spacial score (nSPS) is 26.3. The van der Waals surface area contributed by atoms with Crippen molar-refractivity contribution in [1.29, 1.82) is 0 Å². The topological polar surface area (TPSA) is 279 Å². The molecule has 1 rings (SSSR count). The van der Waals surface area contributed by atoms with Gasteiger partial charge >= 0.3 is 0 Å². The quantitative estimate of drug-likeness (QED) is 0.123. The van der Waals surface area contributed by atoms with Crippen LogP contribution in [0.1, 0.15) is 170 Å². The minimum absolute atomic E-state index is 0.0207. The molecule has 90 heavy (non-hydrogen) atoms. The third-order valence-corrected chi connectivity index (χ3v) is 18.0. The van der Waals surface area contributed by atoms with Crippen LogP contribution in [0.3, 0.4) is 0 Å². The third-order valence-electron chi connectivity index (χ3n) is 16.6. The predicted octanol–water partition coefficient (Wildman–Crippen LogP) is 4.78. The number of carbonyl (C=O) groups excluding carboxylic acids is 11. The highest BCUT2D eigenvalue weighted by Gasteiger charge is 2.46. The molecule has 0 aromatic carbocycles. The smallest absolute Gasteiger partial charge is 0.246 e. The van der Waals surface area contributed by atoms with Gasteiger partial charge in [0.1, 0.15) is 60.4 Å². The van der Waals surface area contributed by atoms with Gasteiger partial charge in [0, 0.05) is 59.8 Å². The van der Waals surface area contributed by atoms with Crippen molar-refractivity contribution in [2.75, 3.05) is 61.6 Å². The summed E-state index contributed by atoms with van der Waals surface area (Å²) < 4.78 is -0.395. The predicted molar refractivity (Wildman–Crippen MR) is 355 cm³/mol. The van der Waals surface area contributed by atoms with Crippen molar-refractivity contribution in [2.24, 2.45) is 41.4 Å². The maximum absolute atomic E-state index is 15.3. The summed E-state index contributed by atoms with van der Waals surface area (Å²) in [6.45, 7) is 33.9. The van der Waals surface area contributed by atoms with Crippen LogP contribution in [-0.2, 0) is 52.7 Å². The van der Waals surface area contributed by atoms with Gasteiger partial charge in [-0.3, -0.25) is 52.7 Å². The molecule has 1 fully saturated rings. The number of nitrogens with one attached hydrogen (secondary N) is 4. The maximum Gasteiger partial charge on any atom is 0.246 e. The molecule has 516 valence electrons. The monoisotopic (exact) mass is 1290 g/mol. The number of carbonyl (C=O) groups is 11. The minimum Gasteiger partial charge on any atom is -0.390 e. The Kier molecular flexibility index (Phi) is 33.9. The van der Waals surface area contributed by atoms with Crippen LogP contribution in [-0.4, -0.2) is 237 Å². The van der Waals surface area contributed by atoms with E-state index in [1.165, 1.54) is 92.5 Å². The molecule has 12 atom stereocenters. The van der Waals surface area contributed by atoms with Crippen molar-refractivity contribution in [1.82, 2.24) is 55.6 Å². The second-order valence-electron chi connectivity index (χ2n) is 28.3. The molecular weight excluding hydrogens is 1170 g/mol. The zero-order valence-electron chi connectivity index (χ0n) is 59.7.